The molecule has 1 heterocycles. The summed E-state index contributed by atoms with van der Waals surface area (Å²) in [5.74, 6) is 0.933. The van der Waals surface area contributed by atoms with Crippen LogP contribution in [0.25, 0.3) is 0 Å². The van der Waals surface area contributed by atoms with Gasteiger partial charge in [-0.3, -0.25) is 0 Å². The van der Waals surface area contributed by atoms with E-state index in [0.717, 1.165) is 18.8 Å². The molecule has 4 nitrogen and oxygen atoms in total. The van der Waals surface area contributed by atoms with Crippen LogP contribution >= 0.6 is 0 Å². The van der Waals surface area contributed by atoms with E-state index < -0.39 is 0 Å². The predicted octanol–water partition coefficient (Wildman–Crippen LogP) is 1.49. The summed E-state index contributed by atoms with van der Waals surface area (Å²) in [6.07, 6.45) is 9.98. The molecule has 0 amide bonds. The fourth-order valence-electron chi connectivity index (χ4n) is 2.33. The Morgan fingerprint density at radius 2 is 2.20 bits per heavy atom. The number of hydrogen-bond donors (Lipinski definition) is 2. The van der Waals surface area contributed by atoms with Crippen molar-refractivity contribution in [2.45, 2.75) is 37.6 Å². The Morgan fingerprint density at radius 1 is 1.47 bits per heavy atom. The summed E-state index contributed by atoms with van der Waals surface area (Å²) in [6, 6.07) is 0. The Kier molecular flexibility index (Phi) is 2.95. The van der Waals surface area contributed by atoms with Gasteiger partial charge in [0.2, 0.25) is 5.95 Å². The van der Waals surface area contributed by atoms with Crippen molar-refractivity contribution in [3.63, 3.8) is 0 Å². The first-order valence-electron chi connectivity index (χ1n) is 5.71. The van der Waals surface area contributed by atoms with Gasteiger partial charge >= 0.3 is 0 Å². The molecule has 84 valence electrons. The number of imidazole rings is 1. The van der Waals surface area contributed by atoms with E-state index in [0.29, 0.717) is 6.54 Å². The van der Waals surface area contributed by atoms with Crippen LogP contribution in [0.3, 0.4) is 0 Å². The van der Waals surface area contributed by atoms with Crippen LogP contribution in [-0.4, -0.2) is 21.6 Å². The number of aryl methyl sites for hydroxylation is 1. The van der Waals surface area contributed by atoms with E-state index in [1.165, 1.54) is 19.3 Å². The summed E-state index contributed by atoms with van der Waals surface area (Å²) in [5.41, 5.74) is 5.99. The van der Waals surface area contributed by atoms with Crippen LogP contribution in [0.15, 0.2) is 12.4 Å². The molecular weight excluding hydrogens is 188 g/mol. The van der Waals surface area contributed by atoms with Crippen LogP contribution in [-0.2, 0) is 7.05 Å². The van der Waals surface area contributed by atoms with Gasteiger partial charge in [0.25, 0.3) is 0 Å². The summed E-state index contributed by atoms with van der Waals surface area (Å²) >= 11 is 0. The Bertz CT molecular complexity index is 312. The van der Waals surface area contributed by atoms with Crippen LogP contribution in [0.1, 0.15) is 32.1 Å². The molecule has 15 heavy (non-hydrogen) atoms. The molecule has 1 aliphatic rings. The van der Waals surface area contributed by atoms with E-state index in [4.69, 9.17) is 5.73 Å². The average Bonchev–Trinajstić information content (AvgIpc) is 2.66. The molecular formula is C11H20N4. The summed E-state index contributed by atoms with van der Waals surface area (Å²) in [7, 11) is 2.00. The van der Waals surface area contributed by atoms with Gasteiger partial charge in [0, 0.05) is 26.0 Å². The number of aromatic nitrogens is 2. The van der Waals surface area contributed by atoms with E-state index >= 15 is 0 Å². The lowest BCUT2D eigenvalue weighted by Gasteiger charge is -2.37. The van der Waals surface area contributed by atoms with Gasteiger partial charge in [-0.05, 0) is 12.8 Å². The molecule has 3 N–H and O–H groups in total. The van der Waals surface area contributed by atoms with Gasteiger partial charge in [0.05, 0.1) is 5.54 Å². The van der Waals surface area contributed by atoms with Crippen LogP contribution < -0.4 is 11.1 Å². The molecule has 0 atom stereocenters. The van der Waals surface area contributed by atoms with E-state index in [1.807, 2.05) is 24.0 Å². The Hall–Kier alpha value is -1.03. The maximum absolute atomic E-state index is 5.91. The summed E-state index contributed by atoms with van der Waals surface area (Å²) in [4.78, 5) is 4.30. The van der Waals surface area contributed by atoms with Gasteiger partial charge in [0.15, 0.2) is 0 Å². The molecule has 1 aromatic heterocycles. The minimum absolute atomic E-state index is 0.0807. The van der Waals surface area contributed by atoms with Crippen LogP contribution in [0, 0.1) is 0 Å². The second-order valence-corrected chi connectivity index (χ2v) is 4.53. The van der Waals surface area contributed by atoms with Crippen molar-refractivity contribution in [2.24, 2.45) is 12.8 Å². The monoisotopic (exact) mass is 208 g/mol. The summed E-state index contributed by atoms with van der Waals surface area (Å²) in [6.45, 7) is 0.694. The number of rotatable bonds is 3. The lowest BCUT2D eigenvalue weighted by molar-refractivity contribution is 0.328. The molecule has 0 aromatic carbocycles. The quantitative estimate of drug-likeness (QED) is 0.791. The number of hydrogen-bond acceptors (Lipinski definition) is 3. The lowest BCUT2D eigenvalue weighted by Crippen LogP contribution is -2.47. The minimum atomic E-state index is 0.0807. The molecule has 0 aliphatic heterocycles. The molecule has 1 saturated carbocycles. The number of nitrogens with one attached hydrogen (secondary N) is 1. The number of nitrogens with zero attached hydrogens (tertiary/aromatic N) is 2. The van der Waals surface area contributed by atoms with Crippen molar-refractivity contribution in [1.82, 2.24) is 9.55 Å². The maximum atomic E-state index is 5.91. The second-order valence-electron chi connectivity index (χ2n) is 4.53. The smallest absolute Gasteiger partial charge is 0.202 e. The van der Waals surface area contributed by atoms with Crippen molar-refractivity contribution in [1.29, 1.82) is 0 Å². The van der Waals surface area contributed by atoms with E-state index in [2.05, 4.69) is 10.3 Å². The van der Waals surface area contributed by atoms with Crippen LogP contribution in [0.2, 0.25) is 0 Å². The van der Waals surface area contributed by atoms with Crippen molar-refractivity contribution in [3.05, 3.63) is 12.4 Å². The van der Waals surface area contributed by atoms with Gasteiger partial charge in [-0.1, -0.05) is 19.3 Å². The highest BCUT2D eigenvalue weighted by Gasteiger charge is 2.31. The summed E-state index contributed by atoms with van der Waals surface area (Å²) in [5, 5.41) is 3.52. The number of anilines is 1. The minimum Gasteiger partial charge on any atom is -0.349 e. The second kappa shape index (κ2) is 4.23. The first-order chi connectivity index (χ1) is 7.26. The van der Waals surface area contributed by atoms with Crippen LogP contribution in [0.4, 0.5) is 5.95 Å². The first kappa shape index (κ1) is 10.5. The van der Waals surface area contributed by atoms with Gasteiger partial charge < -0.3 is 15.6 Å². The summed E-state index contributed by atoms with van der Waals surface area (Å²) < 4.78 is 2.01. The average molecular weight is 208 g/mol. The molecule has 4 heteroatoms. The van der Waals surface area contributed by atoms with E-state index in [9.17, 15) is 0 Å². The zero-order valence-corrected chi connectivity index (χ0v) is 9.37. The van der Waals surface area contributed by atoms with Gasteiger partial charge in [-0.2, -0.15) is 0 Å². The number of nitrogens with two attached hydrogens (primary N) is 1. The highest BCUT2D eigenvalue weighted by molar-refractivity contribution is 5.31. The fourth-order valence-corrected chi connectivity index (χ4v) is 2.33. The van der Waals surface area contributed by atoms with E-state index in [1.54, 1.807) is 0 Å². The zero-order chi connectivity index (χ0) is 10.7. The molecule has 0 unspecified atom stereocenters. The molecule has 1 aromatic rings. The molecule has 1 fully saturated rings. The molecule has 0 spiro atoms. The molecule has 0 bridgehead atoms. The first-order valence-corrected chi connectivity index (χ1v) is 5.71. The van der Waals surface area contributed by atoms with E-state index in [-0.39, 0.29) is 5.54 Å². The third-order valence-corrected chi connectivity index (χ3v) is 3.40. The van der Waals surface area contributed by atoms with Crippen molar-refractivity contribution in [2.75, 3.05) is 11.9 Å². The highest BCUT2D eigenvalue weighted by atomic mass is 15.2. The van der Waals surface area contributed by atoms with Crippen molar-refractivity contribution in [3.8, 4) is 0 Å². The third kappa shape index (κ3) is 2.15. The fraction of sp³-hybridized carbons (Fsp3) is 0.727. The predicted molar refractivity (Wildman–Crippen MR) is 61.7 cm³/mol. The third-order valence-electron chi connectivity index (χ3n) is 3.40. The highest BCUT2D eigenvalue weighted by Crippen LogP contribution is 2.30. The zero-order valence-electron chi connectivity index (χ0n) is 9.37. The van der Waals surface area contributed by atoms with Crippen LogP contribution in [0.5, 0.6) is 0 Å². The Morgan fingerprint density at radius 3 is 2.73 bits per heavy atom. The Balaban J connectivity index is 2.10. The largest absolute Gasteiger partial charge is 0.349 e. The lowest BCUT2D eigenvalue weighted by atomic mass is 9.82. The molecule has 1 aliphatic carbocycles. The Labute approximate surface area is 90.9 Å². The van der Waals surface area contributed by atoms with Gasteiger partial charge in [0.1, 0.15) is 0 Å². The standard InChI is InChI=1S/C11H20N4/c1-15-8-7-13-10(15)14-11(9-12)5-3-2-4-6-11/h7-8H,2-6,9,12H2,1H3,(H,13,14). The molecule has 0 saturated heterocycles. The SMILES string of the molecule is Cn1ccnc1NC1(CN)CCCCC1. The van der Waals surface area contributed by atoms with Crippen molar-refractivity contribution < 1.29 is 0 Å². The van der Waals surface area contributed by atoms with Gasteiger partial charge in [-0.15, -0.1) is 0 Å². The topological polar surface area (TPSA) is 55.9 Å². The maximum Gasteiger partial charge on any atom is 0.202 e. The normalized spacial score (nSPS) is 20.1. The molecule has 0 radical (unpaired) electrons. The van der Waals surface area contributed by atoms with Crippen molar-refractivity contribution >= 4 is 5.95 Å². The van der Waals surface area contributed by atoms with Gasteiger partial charge in [-0.25, -0.2) is 4.98 Å². The molecule has 2 rings (SSSR count).